The zero-order valence-electron chi connectivity index (χ0n) is 16.4. The lowest BCUT2D eigenvalue weighted by molar-refractivity contribution is -0.143. The molecule has 0 bridgehead atoms. The smallest absolute Gasteiger partial charge is 0.272 e. The van der Waals surface area contributed by atoms with Crippen molar-refractivity contribution in [3.8, 4) is 11.5 Å². The summed E-state index contributed by atoms with van der Waals surface area (Å²) in [5, 5.41) is 10.3. The van der Waals surface area contributed by atoms with Crippen molar-refractivity contribution in [2.75, 3.05) is 27.4 Å². The standard InChI is InChI=1S/C21H27NO6/c1-4-27-20(21(24)22-26-3)12-15-8-10-17(11-9-15)28-14-19(23)16-6-5-7-18(13-16)25-2/h5-11,13,19-20,23H,4,12,14H2,1-3H3,(H,22,24)/t19-,20+/m0/s1. The molecule has 1 amide bonds. The molecule has 7 heteroatoms. The van der Waals surface area contributed by atoms with Crippen LogP contribution in [0.4, 0.5) is 0 Å². The number of aliphatic hydroxyl groups is 1. The number of ether oxygens (including phenoxy) is 3. The molecule has 28 heavy (non-hydrogen) atoms. The molecule has 2 N–H and O–H groups in total. The van der Waals surface area contributed by atoms with Crippen LogP contribution in [-0.2, 0) is 20.8 Å². The molecular weight excluding hydrogens is 362 g/mol. The quantitative estimate of drug-likeness (QED) is 0.574. The van der Waals surface area contributed by atoms with E-state index in [-0.39, 0.29) is 12.5 Å². The minimum Gasteiger partial charge on any atom is -0.497 e. The topological polar surface area (TPSA) is 86.3 Å². The molecule has 0 heterocycles. The molecule has 0 aliphatic carbocycles. The van der Waals surface area contributed by atoms with Crippen molar-refractivity contribution in [1.29, 1.82) is 0 Å². The number of carbonyl (C=O) groups excluding carboxylic acids is 1. The normalized spacial score (nSPS) is 12.9. The van der Waals surface area contributed by atoms with Gasteiger partial charge >= 0.3 is 0 Å². The van der Waals surface area contributed by atoms with Crippen LogP contribution in [0.15, 0.2) is 48.5 Å². The first-order valence-electron chi connectivity index (χ1n) is 9.05. The van der Waals surface area contributed by atoms with Gasteiger partial charge in [0, 0.05) is 13.0 Å². The maximum Gasteiger partial charge on any atom is 0.272 e. The third-order valence-corrected chi connectivity index (χ3v) is 4.09. The summed E-state index contributed by atoms with van der Waals surface area (Å²) in [4.78, 5) is 16.6. The molecule has 0 aliphatic rings. The Hall–Kier alpha value is -2.61. The molecule has 7 nitrogen and oxygen atoms in total. The van der Waals surface area contributed by atoms with Gasteiger partial charge in [-0.15, -0.1) is 0 Å². The lowest BCUT2D eigenvalue weighted by Crippen LogP contribution is -2.37. The minimum atomic E-state index is -0.769. The molecule has 0 aliphatic heterocycles. The largest absolute Gasteiger partial charge is 0.497 e. The van der Waals surface area contributed by atoms with E-state index in [1.807, 2.05) is 37.3 Å². The van der Waals surface area contributed by atoms with Crippen LogP contribution >= 0.6 is 0 Å². The zero-order valence-corrected chi connectivity index (χ0v) is 16.4. The first kappa shape index (κ1) is 21.7. The van der Waals surface area contributed by atoms with Crippen LogP contribution in [0.1, 0.15) is 24.2 Å². The molecule has 152 valence electrons. The number of hydroxylamine groups is 1. The van der Waals surface area contributed by atoms with Gasteiger partial charge in [-0.25, -0.2) is 5.48 Å². The van der Waals surface area contributed by atoms with E-state index in [1.165, 1.54) is 7.11 Å². The first-order chi connectivity index (χ1) is 13.6. The summed E-state index contributed by atoms with van der Waals surface area (Å²) in [5.74, 6) is 0.980. The Morgan fingerprint density at radius 2 is 1.86 bits per heavy atom. The second kappa shape index (κ2) is 11.3. The monoisotopic (exact) mass is 389 g/mol. The second-order valence-corrected chi connectivity index (χ2v) is 6.07. The fourth-order valence-electron chi connectivity index (χ4n) is 2.65. The van der Waals surface area contributed by atoms with Crippen molar-refractivity contribution in [2.45, 2.75) is 25.6 Å². The van der Waals surface area contributed by atoms with Crippen molar-refractivity contribution in [3.05, 3.63) is 59.7 Å². The Kier molecular flexibility index (Phi) is 8.74. The molecule has 2 aromatic carbocycles. The van der Waals surface area contributed by atoms with Gasteiger partial charge in [-0.3, -0.25) is 9.63 Å². The van der Waals surface area contributed by atoms with Crippen molar-refractivity contribution in [2.24, 2.45) is 0 Å². The molecule has 0 fully saturated rings. The molecule has 0 saturated carbocycles. The third kappa shape index (κ3) is 6.53. The van der Waals surface area contributed by atoms with E-state index in [9.17, 15) is 9.90 Å². The van der Waals surface area contributed by atoms with Gasteiger partial charge in [0.15, 0.2) is 0 Å². The summed E-state index contributed by atoms with van der Waals surface area (Å²) >= 11 is 0. The SMILES string of the molecule is CCO[C@H](Cc1ccc(OC[C@H](O)c2cccc(OC)c2)cc1)C(=O)NOC. The van der Waals surface area contributed by atoms with E-state index in [1.54, 1.807) is 25.3 Å². The van der Waals surface area contributed by atoms with Crippen LogP contribution in [0.25, 0.3) is 0 Å². The average molecular weight is 389 g/mol. The highest BCUT2D eigenvalue weighted by atomic mass is 16.6. The lowest BCUT2D eigenvalue weighted by atomic mass is 10.1. The predicted molar refractivity (Wildman–Crippen MR) is 104 cm³/mol. The van der Waals surface area contributed by atoms with Crippen molar-refractivity contribution < 1.29 is 28.9 Å². The van der Waals surface area contributed by atoms with Gasteiger partial charge in [0.05, 0.1) is 14.2 Å². The van der Waals surface area contributed by atoms with E-state index in [4.69, 9.17) is 14.2 Å². The summed E-state index contributed by atoms with van der Waals surface area (Å²) < 4.78 is 16.3. The summed E-state index contributed by atoms with van der Waals surface area (Å²) in [5.41, 5.74) is 3.94. The first-order valence-corrected chi connectivity index (χ1v) is 9.05. The molecule has 0 radical (unpaired) electrons. The lowest BCUT2D eigenvalue weighted by Gasteiger charge is -2.16. The zero-order chi connectivity index (χ0) is 20.4. The summed E-state index contributed by atoms with van der Waals surface area (Å²) in [7, 11) is 2.96. The average Bonchev–Trinajstić information content (AvgIpc) is 2.72. The maximum atomic E-state index is 11.9. The fraction of sp³-hybridized carbons (Fsp3) is 0.381. The Bertz CT molecular complexity index is 734. The minimum absolute atomic E-state index is 0.115. The van der Waals surface area contributed by atoms with E-state index >= 15 is 0 Å². The Morgan fingerprint density at radius 3 is 2.50 bits per heavy atom. The number of amides is 1. The number of hydrogen-bond donors (Lipinski definition) is 2. The second-order valence-electron chi connectivity index (χ2n) is 6.07. The molecule has 0 unspecified atom stereocenters. The van der Waals surface area contributed by atoms with Gasteiger partial charge in [-0.05, 0) is 42.3 Å². The van der Waals surface area contributed by atoms with Crippen LogP contribution in [0.3, 0.4) is 0 Å². The maximum absolute atomic E-state index is 11.9. The number of hydrogen-bond acceptors (Lipinski definition) is 6. The Balaban J connectivity index is 1.91. The number of nitrogens with one attached hydrogen (secondary N) is 1. The van der Waals surface area contributed by atoms with E-state index in [2.05, 4.69) is 10.3 Å². The predicted octanol–water partition coefficient (Wildman–Crippen LogP) is 2.43. The summed E-state index contributed by atoms with van der Waals surface area (Å²) in [6.07, 6.45) is -0.989. The molecule has 2 aromatic rings. The van der Waals surface area contributed by atoms with Crippen LogP contribution in [0, 0.1) is 0 Å². The van der Waals surface area contributed by atoms with Crippen LogP contribution in [-0.4, -0.2) is 44.6 Å². The molecule has 0 saturated heterocycles. The molecule has 2 rings (SSSR count). The number of methoxy groups -OCH3 is 1. The van der Waals surface area contributed by atoms with Gasteiger partial charge < -0.3 is 19.3 Å². The molecular formula is C21H27NO6. The van der Waals surface area contributed by atoms with Crippen molar-refractivity contribution >= 4 is 5.91 Å². The highest BCUT2D eigenvalue weighted by Gasteiger charge is 2.19. The number of aliphatic hydroxyl groups excluding tert-OH is 1. The highest BCUT2D eigenvalue weighted by Crippen LogP contribution is 2.21. The number of rotatable bonds is 11. The number of carbonyl (C=O) groups is 1. The summed E-state index contributed by atoms with van der Waals surface area (Å²) in [6, 6.07) is 14.5. The number of benzene rings is 2. The van der Waals surface area contributed by atoms with Gasteiger partial charge in [0.2, 0.25) is 0 Å². The van der Waals surface area contributed by atoms with E-state index < -0.39 is 12.2 Å². The molecule has 0 aromatic heterocycles. The van der Waals surface area contributed by atoms with Crippen molar-refractivity contribution in [3.63, 3.8) is 0 Å². The third-order valence-electron chi connectivity index (χ3n) is 4.09. The fourth-order valence-corrected chi connectivity index (χ4v) is 2.65. The van der Waals surface area contributed by atoms with Gasteiger partial charge in [-0.1, -0.05) is 24.3 Å². The molecule has 0 spiro atoms. The van der Waals surface area contributed by atoms with Gasteiger partial charge in [-0.2, -0.15) is 0 Å². The van der Waals surface area contributed by atoms with Crippen molar-refractivity contribution in [1.82, 2.24) is 5.48 Å². The molecule has 2 atom stereocenters. The highest BCUT2D eigenvalue weighted by molar-refractivity contribution is 5.80. The van der Waals surface area contributed by atoms with Gasteiger partial charge in [0.1, 0.15) is 30.3 Å². The van der Waals surface area contributed by atoms with Crippen LogP contribution in [0.2, 0.25) is 0 Å². The summed E-state index contributed by atoms with van der Waals surface area (Å²) in [6.45, 7) is 2.37. The Labute approximate surface area is 165 Å². The van der Waals surface area contributed by atoms with E-state index in [0.717, 1.165) is 11.1 Å². The van der Waals surface area contributed by atoms with Crippen LogP contribution < -0.4 is 15.0 Å². The van der Waals surface area contributed by atoms with Gasteiger partial charge in [0.25, 0.3) is 5.91 Å². The van der Waals surface area contributed by atoms with Crippen LogP contribution in [0.5, 0.6) is 11.5 Å². The Morgan fingerprint density at radius 1 is 1.11 bits per heavy atom. The van der Waals surface area contributed by atoms with E-state index in [0.29, 0.717) is 24.5 Å².